The van der Waals surface area contributed by atoms with Gasteiger partial charge in [0.25, 0.3) is 0 Å². The van der Waals surface area contributed by atoms with Gasteiger partial charge in [0.15, 0.2) is 0 Å². The van der Waals surface area contributed by atoms with Crippen LogP contribution in [0.3, 0.4) is 0 Å². The van der Waals surface area contributed by atoms with Gasteiger partial charge < -0.3 is 9.88 Å². The smallest absolute Gasteiger partial charge is 0.317 e. The molecule has 31 heavy (non-hydrogen) atoms. The number of aryl methyl sites for hydroxylation is 1. The van der Waals surface area contributed by atoms with Crippen molar-refractivity contribution in [2.45, 2.75) is 52.9 Å². The lowest BCUT2D eigenvalue weighted by Crippen LogP contribution is -2.44. The number of para-hydroxylation sites is 2. The summed E-state index contributed by atoms with van der Waals surface area (Å²) in [5.41, 5.74) is -0.0353. The first-order valence-electron chi connectivity index (χ1n) is 10.7. The highest BCUT2D eigenvalue weighted by Gasteiger charge is 2.16. The van der Waals surface area contributed by atoms with Crippen LogP contribution < -0.4 is 16.4 Å². The fourth-order valence-electron chi connectivity index (χ4n) is 3.70. The first kappa shape index (κ1) is 23.0. The van der Waals surface area contributed by atoms with E-state index in [0.29, 0.717) is 36.7 Å². The van der Waals surface area contributed by atoms with Gasteiger partial charge in [-0.3, -0.25) is 23.9 Å². The molecule has 166 valence electrons. The van der Waals surface area contributed by atoms with Crippen molar-refractivity contribution in [3.05, 3.63) is 67.4 Å². The molecule has 3 aromatic rings. The van der Waals surface area contributed by atoms with Gasteiger partial charge in [0.05, 0.1) is 11.0 Å². The Morgan fingerprint density at radius 3 is 2.35 bits per heavy atom. The molecule has 2 aromatic heterocycles. The number of rotatable bonds is 10. The van der Waals surface area contributed by atoms with Gasteiger partial charge in [-0.05, 0) is 43.8 Å². The Morgan fingerprint density at radius 2 is 1.74 bits per heavy atom. The zero-order chi connectivity index (χ0) is 22.4. The average Bonchev–Trinajstić information content (AvgIpc) is 3.29. The second-order valence-electron chi connectivity index (χ2n) is 7.59. The molecule has 1 N–H and O–H groups in total. The second-order valence-corrected chi connectivity index (χ2v) is 8.62. The van der Waals surface area contributed by atoms with Crippen LogP contribution in [-0.2, 0) is 24.4 Å². The van der Waals surface area contributed by atoms with Crippen LogP contribution in [0.5, 0.6) is 0 Å². The van der Waals surface area contributed by atoms with Crippen LogP contribution in [0, 0.1) is 0 Å². The molecule has 7 nitrogen and oxygen atoms in total. The third kappa shape index (κ3) is 5.32. The molecule has 3 rings (SSSR count). The SMILES string of the molecule is CC[C@@H](C)N(CCNC(=O)Cn1c(=O)c(=O)n(CC)c2ccccc21)Cc1cccs1. The highest BCUT2D eigenvalue weighted by Crippen LogP contribution is 2.15. The molecule has 0 spiro atoms. The van der Waals surface area contributed by atoms with Crippen molar-refractivity contribution < 1.29 is 4.79 Å². The maximum Gasteiger partial charge on any atom is 0.317 e. The molecule has 0 radical (unpaired) electrons. The third-order valence-corrected chi connectivity index (χ3v) is 6.49. The number of hydrogen-bond acceptors (Lipinski definition) is 5. The van der Waals surface area contributed by atoms with Crippen molar-refractivity contribution in [1.82, 2.24) is 19.4 Å². The molecule has 0 fully saturated rings. The minimum Gasteiger partial charge on any atom is -0.353 e. The summed E-state index contributed by atoms with van der Waals surface area (Å²) in [4.78, 5) is 41.4. The van der Waals surface area contributed by atoms with Crippen LogP contribution in [0.2, 0.25) is 0 Å². The van der Waals surface area contributed by atoms with E-state index in [4.69, 9.17) is 0 Å². The lowest BCUT2D eigenvalue weighted by molar-refractivity contribution is -0.121. The number of carbonyl (C=O) groups excluding carboxylic acids is 1. The number of hydrogen-bond donors (Lipinski definition) is 1. The van der Waals surface area contributed by atoms with E-state index in [1.54, 1.807) is 29.5 Å². The van der Waals surface area contributed by atoms with E-state index in [-0.39, 0.29) is 12.5 Å². The number of thiophene rings is 1. The maximum absolute atomic E-state index is 12.6. The number of aromatic nitrogens is 2. The molecule has 8 heteroatoms. The number of nitrogens with one attached hydrogen (secondary N) is 1. The fourth-order valence-corrected chi connectivity index (χ4v) is 4.43. The van der Waals surface area contributed by atoms with Crippen LogP contribution in [0.1, 0.15) is 32.1 Å². The normalized spacial score (nSPS) is 12.4. The lowest BCUT2D eigenvalue weighted by Gasteiger charge is -2.28. The molecular formula is C23H30N4O3S. The highest BCUT2D eigenvalue weighted by molar-refractivity contribution is 7.09. The van der Waals surface area contributed by atoms with Gasteiger partial charge in [0, 0.05) is 37.1 Å². The lowest BCUT2D eigenvalue weighted by atomic mass is 10.2. The molecule has 0 saturated heterocycles. The van der Waals surface area contributed by atoms with Crippen LogP contribution in [-0.4, -0.2) is 39.1 Å². The molecule has 0 unspecified atom stereocenters. The largest absolute Gasteiger partial charge is 0.353 e. The molecule has 1 atom stereocenters. The summed E-state index contributed by atoms with van der Waals surface area (Å²) >= 11 is 1.73. The van der Waals surface area contributed by atoms with Gasteiger partial charge in [-0.2, -0.15) is 0 Å². The van der Waals surface area contributed by atoms with Gasteiger partial charge in [0.1, 0.15) is 6.54 Å². The first-order valence-corrected chi connectivity index (χ1v) is 11.6. The first-order chi connectivity index (χ1) is 15.0. The van der Waals surface area contributed by atoms with Gasteiger partial charge in [0.2, 0.25) is 5.91 Å². The van der Waals surface area contributed by atoms with Crippen molar-refractivity contribution >= 4 is 28.3 Å². The fraction of sp³-hybridized carbons (Fsp3) is 0.435. The molecule has 0 saturated carbocycles. The number of amides is 1. The topological polar surface area (TPSA) is 76.3 Å². The highest BCUT2D eigenvalue weighted by atomic mass is 32.1. The van der Waals surface area contributed by atoms with E-state index in [0.717, 1.165) is 13.0 Å². The second kappa shape index (κ2) is 10.5. The summed E-state index contributed by atoms with van der Waals surface area (Å²) in [5, 5.41) is 4.98. The van der Waals surface area contributed by atoms with Crippen LogP contribution in [0.15, 0.2) is 51.4 Å². The summed E-state index contributed by atoms with van der Waals surface area (Å²) in [5.74, 6) is -0.277. The van der Waals surface area contributed by atoms with Crippen molar-refractivity contribution in [2.24, 2.45) is 0 Å². The van der Waals surface area contributed by atoms with Crippen LogP contribution >= 0.6 is 11.3 Å². The zero-order valence-corrected chi connectivity index (χ0v) is 19.2. The minimum absolute atomic E-state index is 0.173. The predicted octanol–water partition coefficient (Wildman–Crippen LogP) is 2.66. The molecule has 0 aliphatic carbocycles. The molecule has 0 aliphatic rings. The standard InChI is InChI=1S/C23H30N4O3S/c1-4-17(3)25(15-18-9-8-14-31-18)13-12-24-21(28)16-27-20-11-7-6-10-19(20)26(5-2)22(29)23(27)30/h6-11,14,17H,4-5,12-13,15-16H2,1-3H3,(H,24,28)/t17-/m1/s1. The maximum atomic E-state index is 12.6. The summed E-state index contributed by atoms with van der Waals surface area (Å²) in [6.07, 6.45) is 1.02. The Morgan fingerprint density at radius 1 is 1.06 bits per heavy atom. The van der Waals surface area contributed by atoms with E-state index in [1.807, 2.05) is 19.1 Å². The summed E-state index contributed by atoms with van der Waals surface area (Å²) in [7, 11) is 0. The van der Waals surface area contributed by atoms with E-state index in [9.17, 15) is 14.4 Å². The van der Waals surface area contributed by atoms with Crippen molar-refractivity contribution in [1.29, 1.82) is 0 Å². The van der Waals surface area contributed by atoms with Crippen molar-refractivity contribution in [3.63, 3.8) is 0 Å². The molecule has 2 heterocycles. The van der Waals surface area contributed by atoms with Crippen molar-refractivity contribution in [3.8, 4) is 0 Å². The van der Waals surface area contributed by atoms with E-state index >= 15 is 0 Å². The number of fused-ring (bicyclic) bond motifs is 1. The van der Waals surface area contributed by atoms with Crippen molar-refractivity contribution in [2.75, 3.05) is 13.1 Å². The van der Waals surface area contributed by atoms with E-state index in [1.165, 1.54) is 14.0 Å². The van der Waals surface area contributed by atoms with Crippen LogP contribution in [0.4, 0.5) is 0 Å². The number of nitrogens with zero attached hydrogens (tertiary/aromatic N) is 3. The van der Waals surface area contributed by atoms with Crippen LogP contribution in [0.25, 0.3) is 11.0 Å². The predicted molar refractivity (Wildman–Crippen MR) is 126 cm³/mol. The third-order valence-electron chi connectivity index (χ3n) is 5.63. The Hall–Kier alpha value is -2.71. The van der Waals surface area contributed by atoms with E-state index in [2.05, 4.69) is 35.5 Å². The average molecular weight is 443 g/mol. The van der Waals surface area contributed by atoms with E-state index < -0.39 is 11.1 Å². The monoisotopic (exact) mass is 442 g/mol. The van der Waals surface area contributed by atoms with Gasteiger partial charge in [-0.1, -0.05) is 25.1 Å². The molecular weight excluding hydrogens is 412 g/mol. The number of benzene rings is 1. The summed E-state index contributed by atoms with van der Waals surface area (Å²) in [6.45, 7) is 8.43. The van der Waals surface area contributed by atoms with Gasteiger partial charge in [-0.15, -0.1) is 11.3 Å². The Labute approximate surface area is 185 Å². The quantitative estimate of drug-likeness (QED) is 0.490. The zero-order valence-electron chi connectivity index (χ0n) is 18.3. The molecule has 0 aliphatic heterocycles. The van der Waals surface area contributed by atoms with Gasteiger partial charge >= 0.3 is 11.1 Å². The Bertz CT molecular complexity index is 1130. The summed E-state index contributed by atoms with van der Waals surface area (Å²) < 4.78 is 2.72. The Kier molecular flexibility index (Phi) is 7.81. The molecule has 1 aromatic carbocycles. The minimum atomic E-state index is -0.672. The summed E-state index contributed by atoms with van der Waals surface area (Å²) in [6, 6.07) is 11.7. The number of carbonyl (C=O) groups is 1. The van der Waals surface area contributed by atoms with Gasteiger partial charge in [-0.25, -0.2) is 0 Å². The Balaban J connectivity index is 1.70. The molecule has 1 amide bonds. The molecule has 0 bridgehead atoms.